The first kappa shape index (κ1) is 11.1. The van der Waals surface area contributed by atoms with Crippen LogP contribution < -0.4 is 11.4 Å². The minimum absolute atomic E-state index is 0.131. The first-order valence-corrected chi connectivity index (χ1v) is 5.10. The number of benzene rings is 1. The lowest BCUT2D eigenvalue weighted by molar-refractivity contribution is 0.0997. The van der Waals surface area contributed by atoms with Gasteiger partial charge < -0.3 is 10.2 Å². The van der Waals surface area contributed by atoms with Crippen molar-refractivity contribution in [3.63, 3.8) is 0 Å². The topological polar surface area (TPSA) is 73.3 Å². The average molecular weight is 229 g/mol. The Hall–Kier alpha value is -2.36. The third-order valence-electron chi connectivity index (χ3n) is 2.47. The van der Waals surface area contributed by atoms with Crippen molar-refractivity contribution in [2.45, 2.75) is 6.42 Å². The van der Waals surface area contributed by atoms with Crippen molar-refractivity contribution in [2.75, 3.05) is 0 Å². The predicted octanol–water partition coefficient (Wildman–Crippen LogP) is 1.62. The van der Waals surface area contributed by atoms with Crippen LogP contribution in [0, 0.1) is 0 Å². The lowest BCUT2D eigenvalue weighted by Crippen LogP contribution is -2.20. The first-order chi connectivity index (χ1) is 8.13. The molecular formula is C13H11NO3. The molecule has 17 heavy (non-hydrogen) atoms. The number of hydrogen-bond acceptors (Lipinski definition) is 3. The number of fused-ring (bicyclic) bond motifs is 1. The molecule has 4 nitrogen and oxygen atoms in total. The lowest BCUT2D eigenvalue weighted by atomic mass is 10.1. The van der Waals surface area contributed by atoms with Gasteiger partial charge in [-0.1, -0.05) is 24.3 Å². The van der Waals surface area contributed by atoms with Crippen LogP contribution >= 0.6 is 0 Å². The summed E-state index contributed by atoms with van der Waals surface area (Å²) in [5.41, 5.74) is 5.58. The second kappa shape index (κ2) is 4.25. The molecule has 1 heterocycles. The van der Waals surface area contributed by atoms with E-state index in [0.29, 0.717) is 17.4 Å². The van der Waals surface area contributed by atoms with E-state index in [2.05, 4.69) is 6.58 Å². The number of rotatable bonds is 3. The molecular weight excluding hydrogens is 218 g/mol. The van der Waals surface area contributed by atoms with Crippen molar-refractivity contribution in [2.24, 2.45) is 5.73 Å². The Labute approximate surface area is 97.4 Å². The summed E-state index contributed by atoms with van der Waals surface area (Å²) in [5, 5.41) is 0.678. The summed E-state index contributed by atoms with van der Waals surface area (Å²) in [6, 6.07) is 6.89. The second-order valence-corrected chi connectivity index (χ2v) is 3.64. The van der Waals surface area contributed by atoms with Gasteiger partial charge in [0, 0.05) is 5.39 Å². The van der Waals surface area contributed by atoms with E-state index in [1.807, 2.05) is 12.1 Å². The smallest absolute Gasteiger partial charge is 0.349 e. The van der Waals surface area contributed by atoms with Crippen LogP contribution in [0.4, 0.5) is 0 Å². The molecule has 0 aliphatic carbocycles. The Balaban J connectivity index is 2.77. The highest BCUT2D eigenvalue weighted by atomic mass is 16.4. The summed E-state index contributed by atoms with van der Waals surface area (Å²) >= 11 is 0. The standard InChI is InChI=1S/C13H11NO3/c1-2-4-8-5-3-6-9-7-10(12(14)15)13(16)17-11(8)9/h2-3,5-7H,1,4H2,(H2,14,15). The zero-order valence-electron chi connectivity index (χ0n) is 9.10. The van der Waals surface area contributed by atoms with Crippen molar-refractivity contribution < 1.29 is 9.21 Å². The van der Waals surface area contributed by atoms with Crippen LogP contribution in [0.3, 0.4) is 0 Å². The van der Waals surface area contributed by atoms with Crippen molar-refractivity contribution in [3.05, 3.63) is 58.5 Å². The van der Waals surface area contributed by atoms with Gasteiger partial charge in [0.25, 0.3) is 5.91 Å². The fraction of sp³-hybridized carbons (Fsp3) is 0.0769. The summed E-state index contributed by atoms with van der Waals surface area (Å²) < 4.78 is 5.13. The summed E-state index contributed by atoms with van der Waals surface area (Å²) in [4.78, 5) is 22.6. The van der Waals surface area contributed by atoms with Crippen LogP contribution in [0.2, 0.25) is 0 Å². The molecule has 0 spiro atoms. The number of amides is 1. The highest BCUT2D eigenvalue weighted by molar-refractivity contribution is 5.95. The van der Waals surface area contributed by atoms with Crippen molar-refractivity contribution in [3.8, 4) is 0 Å². The number of para-hydroxylation sites is 1. The van der Waals surface area contributed by atoms with Gasteiger partial charge in [0.15, 0.2) is 0 Å². The highest BCUT2D eigenvalue weighted by Crippen LogP contribution is 2.18. The normalized spacial score (nSPS) is 10.4. The van der Waals surface area contributed by atoms with Gasteiger partial charge in [0.05, 0.1) is 0 Å². The van der Waals surface area contributed by atoms with Crippen LogP contribution in [0.25, 0.3) is 11.0 Å². The number of nitrogens with two attached hydrogens (primary N) is 1. The largest absolute Gasteiger partial charge is 0.422 e. The lowest BCUT2D eigenvalue weighted by Gasteiger charge is -2.03. The SMILES string of the molecule is C=CCc1cccc2cc(C(N)=O)c(=O)oc12. The van der Waals surface area contributed by atoms with Crippen LogP contribution in [-0.2, 0) is 6.42 Å². The molecule has 2 aromatic rings. The number of allylic oxidation sites excluding steroid dienone is 1. The van der Waals surface area contributed by atoms with Gasteiger partial charge in [-0.15, -0.1) is 6.58 Å². The van der Waals surface area contributed by atoms with Crippen LogP contribution in [0.5, 0.6) is 0 Å². The molecule has 0 saturated carbocycles. The van der Waals surface area contributed by atoms with E-state index in [1.54, 1.807) is 12.1 Å². The quantitative estimate of drug-likeness (QED) is 0.642. The van der Waals surface area contributed by atoms with Crippen LogP contribution in [0.15, 0.2) is 46.1 Å². The molecule has 0 aliphatic rings. The summed E-state index contributed by atoms with van der Waals surface area (Å²) in [6.45, 7) is 3.64. The highest BCUT2D eigenvalue weighted by Gasteiger charge is 2.11. The van der Waals surface area contributed by atoms with E-state index < -0.39 is 11.5 Å². The second-order valence-electron chi connectivity index (χ2n) is 3.64. The van der Waals surface area contributed by atoms with Crippen molar-refractivity contribution in [1.82, 2.24) is 0 Å². The summed E-state index contributed by atoms with van der Waals surface area (Å²) in [5.74, 6) is -0.783. The van der Waals surface area contributed by atoms with Gasteiger partial charge in [-0.25, -0.2) is 4.79 Å². The van der Waals surface area contributed by atoms with Crippen molar-refractivity contribution in [1.29, 1.82) is 0 Å². The molecule has 0 fully saturated rings. The fourth-order valence-electron chi connectivity index (χ4n) is 1.69. The molecule has 0 saturated heterocycles. The maximum Gasteiger partial charge on any atom is 0.349 e. The Morgan fingerprint density at radius 2 is 2.24 bits per heavy atom. The Morgan fingerprint density at radius 1 is 1.47 bits per heavy atom. The van der Waals surface area contributed by atoms with Gasteiger partial charge in [0.1, 0.15) is 11.1 Å². The first-order valence-electron chi connectivity index (χ1n) is 5.10. The Morgan fingerprint density at radius 3 is 2.88 bits per heavy atom. The van der Waals surface area contributed by atoms with Crippen LogP contribution in [0.1, 0.15) is 15.9 Å². The molecule has 2 rings (SSSR count). The molecule has 1 aromatic heterocycles. The molecule has 0 aliphatic heterocycles. The van der Waals surface area contributed by atoms with Gasteiger partial charge in [-0.05, 0) is 18.1 Å². The molecule has 0 bridgehead atoms. The number of primary amides is 1. The maximum absolute atomic E-state index is 11.5. The number of hydrogen-bond donors (Lipinski definition) is 1. The third kappa shape index (κ3) is 1.97. The van der Waals surface area contributed by atoms with E-state index in [1.165, 1.54) is 6.07 Å². The minimum atomic E-state index is -0.783. The average Bonchev–Trinajstić information content (AvgIpc) is 2.29. The molecule has 4 heteroatoms. The van der Waals surface area contributed by atoms with E-state index in [9.17, 15) is 9.59 Å². The van der Waals surface area contributed by atoms with Gasteiger partial charge in [-0.3, -0.25) is 4.79 Å². The zero-order chi connectivity index (χ0) is 12.4. The Bertz CT molecular complexity index is 655. The maximum atomic E-state index is 11.5. The summed E-state index contributed by atoms with van der Waals surface area (Å²) in [7, 11) is 0. The van der Waals surface area contributed by atoms with Gasteiger partial charge in [-0.2, -0.15) is 0 Å². The van der Waals surface area contributed by atoms with E-state index in [0.717, 1.165) is 5.56 Å². The molecule has 0 atom stereocenters. The van der Waals surface area contributed by atoms with Crippen molar-refractivity contribution >= 4 is 16.9 Å². The number of carbonyl (C=O) groups excluding carboxylic acids is 1. The molecule has 0 radical (unpaired) electrons. The molecule has 1 aromatic carbocycles. The minimum Gasteiger partial charge on any atom is -0.422 e. The Kier molecular flexibility index (Phi) is 2.78. The van der Waals surface area contributed by atoms with Crippen LogP contribution in [-0.4, -0.2) is 5.91 Å². The summed E-state index contributed by atoms with van der Waals surface area (Å²) in [6.07, 6.45) is 2.31. The van der Waals surface area contributed by atoms with E-state index in [-0.39, 0.29) is 5.56 Å². The molecule has 2 N–H and O–H groups in total. The van der Waals surface area contributed by atoms with Gasteiger partial charge >= 0.3 is 5.63 Å². The molecule has 0 unspecified atom stereocenters. The zero-order valence-corrected chi connectivity index (χ0v) is 9.10. The fourth-order valence-corrected chi connectivity index (χ4v) is 1.69. The van der Waals surface area contributed by atoms with E-state index in [4.69, 9.17) is 10.2 Å². The molecule has 86 valence electrons. The monoisotopic (exact) mass is 229 g/mol. The third-order valence-corrected chi connectivity index (χ3v) is 2.47. The van der Waals surface area contributed by atoms with E-state index >= 15 is 0 Å². The molecule has 1 amide bonds. The van der Waals surface area contributed by atoms with Gasteiger partial charge in [0.2, 0.25) is 0 Å². The predicted molar refractivity (Wildman–Crippen MR) is 64.9 cm³/mol. The number of carbonyl (C=O) groups is 1.